The van der Waals surface area contributed by atoms with Gasteiger partial charge in [-0.15, -0.1) is 10.2 Å². The van der Waals surface area contributed by atoms with Crippen molar-refractivity contribution in [3.63, 3.8) is 0 Å². The van der Waals surface area contributed by atoms with Crippen LogP contribution in [0.3, 0.4) is 0 Å². The lowest BCUT2D eigenvalue weighted by Gasteiger charge is -2.19. The van der Waals surface area contributed by atoms with Crippen LogP contribution < -0.4 is 10.1 Å². The van der Waals surface area contributed by atoms with E-state index in [9.17, 15) is 4.79 Å². The van der Waals surface area contributed by atoms with Gasteiger partial charge in [0.1, 0.15) is 5.75 Å². The molecule has 0 saturated heterocycles. The van der Waals surface area contributed by atoms with E-state index in [1.807, 2.05) is 28.8 Å². The van der Waals surface area contributed by atoms with Crippen LogP contribution in [0.1, 0.15) is 26.3 Å². The van der Waals surface area contributed by atoms with E-state index in [-0.39, 0.29) is 17.1 Å². The Morgan fingerprint density at radius 2 is 1.63 bits per heavy atom. The second kappa shape index (κ2) is 10.5. The quantitative estimate of drug-likeness (QED) is 0.285. The first kappa shape index (κ1) is 24.8. The van der Waals surface area contributed by atoms with Crippen LogP contribution in [0.4, 0.5) is 5.69 Å². The molecule has 0 atom stereocenters. The van der Waals surface area contributed by atoms with Crippen LogP contribution in [0.2, 0.25) is 5.02 Å². The monoisotopic (exact) mass is 506 g/mol. The number of carbonyl (C=O) groups is 1. The molecule has 3 aromatic carbocycles. The van der Waals surface area contributed by atoms with Crippen LogP contribution >= 0.6 is 23.4 Å². The number of anilines is 1. The van der Waals surface area contributed by atoms with Crippen molar-refractivity contribution in [1.29, 1.82) is 0 Å². The van der Waals surface area contributed by atoms with Crippen molar-refractivity contribution in [1.82, 2.24) is 14.8 Å². The van der Waals surface area contributed by atoms with Crippen LogP contribution in [-0.2, 0) is 10.2 Å². The zero-order valence-electron chi connectivity index (χ0n) is 20.1. The topological polar surface area (TPSA) is 69.0 Å². The molecule has 0 saturated carbocycles. The maximum Gasteiger partial charge on any atom is 0.234 e. The minimum atomic E-state index is -0.141. The van der Waals surface area contributed by atoms with Gasteiger partial charge in [0.05, 0.1) is 12.9 Å². The van der Waals surface area contributed by atoms with Crippen LogP contribution in [-0.4, -0.2) is 33.5 Å². The SMILES string of the molecule is COc1ccc(-n2c(SCC(=O)Nc3ccc(Cl)cc3)nnc2-c2ccc(C(C)(C)C)cc2)cc1. The maximum atomic E-state index is 12.6. The number of hydrogen-bond donors (Lipinski definition) is 1. The van der Waals surface area contributed by atoms with Crippen molar-refractivity contribution >= 4 is 35.0 Å². The fourth-order valence-electron chi connectivity index (χ4n) is 3.49. The molecule has 0 bridgehead atoms. The van der Waals surface area contributed by atoms with Gasteiger partial charge in [-0.3, -0.25) is 9.36 Å². The highest BCUT2D eigenvalue weighted by Crippen LogP contribution is 2.31. The summed E-state index contributed by atoms with van der Waals surface area (Å²) >= 11 is 7.25. The van der Waals surface area contributed by atoms with Gasteiger partial charge >= 0.3 is 0 Å². The Balaban J connectivity index is 1.62. The van der Waals surface area contributed by atoms with E-state index in [2.05, 4.69) is 60.6 Å². The van der Waals surface area contributed by atoms with Crippen LogP contribution in [0, 0.1) is 0 Å². The smallest absolute Gasteiger partial charge is 0.234 e. The summed E-state index contributed by atoms with van der Waals surface area (Å²) in [5.41, 5.74) is 3.81. The number of amides is 1. The largest absolute Gasteiger partial charge is 0.497 e. The molecule has 1 heterocycles. The second-order valence-electron chi connectivity index (χ2n) is 9.01. The molecule has 0 spiro atoms. The van der Waals surface area contributed by atoms with Crippen molar-refractivity contribution < 1.29 is 9.53 Å². The molecule has 35 heavy (non-hydrogen) atoms. The molecule has 1 amide bonds. The number of carbonyl (C=O) groups excluding carboxylic acids is 1. The predicted octanol–water partition coefficient (Wildman–Crippen LogP) is 6.62. The Morgan fingerprint density at radius 1 is 0.971 bits per heavy atom. The van der Waals surface area contributed by atoms with E-state index in [1.165, 1.54) is 17.3 Å². The summed E-state index contributed by atoms with van der Waals surface area (Å²) in [6, 6.07) is 23.1. The molecule has 0 fully saturated rings. The van der Waals surface area contributed by atoms with Gasteiger partial charge in [0, 0.05) is 22.0 Å². The van der Waals surface area contributed by atoms with Gasteiger partial charge in [0.2, 0.25) is 5.91 Å². The minimum Gasteiger partial charge on any atom is -0.497 e. The van der Waals surface area contributed by atoms with E-state index in [0.717, 1.165) is 17.0 Å². The third kappa shape index (κ3) is 6.05. The Labute approximate surface area is 214 Å². The molecule has 0 unspecified atom stereocenters. The number of benzene rings is 3. The molecule has 180 valence electrons. The molecule has 4 aromatic rings. The van der Waals surface area contributed by atoms with Gasteiger partial charge in [-0.25, -0.2) is 0 Å². The van der Waals surface area contributed by atoms with Crippen molar-refractivity contribution in [3.05, 3.63) is 83.4 Å². The lowest BCUT2D eigenvalue weighted by molar-refractivity contribution is -0.113. The third-order valence-corrected chi connectivity index (χ3v) is 6.61. The van der Waals surface area contributed by atoms with Crippen molar-refractivity contribution in [3.8, 4) is 22.8 Å². The molecule has 0 aliphatic carbocycles. The van der Waals surface area contributed by atoms with Crippen molar-refractivity contribution in [2.24, 2.45) is 0 Å². The highest BCUT2D eigenvalue weighted by molar-refractivity contribution is 7.99. The van der Waals surface area contributed by atoms with Gasteiger partial charge in [0.25, 0.3) is 0 Å². The molecular formula is C27H27ClN4O2S. The lowest BCUT2D eigenvalue weighted by Crippen LogP contribution is -2.14. The van der Waals surface area contributed by atoms with Gasteiger partial charge in [-0.05, 0) is 59.5 Å². The highest BCUT2D eigenvalue weighted by Gasteiger charge is 2.19. The van der Waals surface area contributed by atoms with Crippen LogP contribution in [0.25, 0.3) is 17.1 Å². The number of methoxy groups -OCH3 is 1. The van der Waals surface area contributed by atoms with E-state index in [4.69, 9.17) is 16.3 Å². The average Bonchev–Trinajstić information content (AvgIpc) is 3.28. The molecule has 0 aliphatic heterocycles. The molecule has 1 aromatic heterocycles. The van der Waals surface area contributed by atoms with Gasteiger partial charge in [-0.2, -0.15) is 0 Å². The van der Waals surface area contributed by atoms with Gasteiger partial charge in [0.15, 0.2) is 11.0 Å². The average molecular weight is 507 g/mol. The molecule has 4 rings (SSSR count). The lowest BCUT2D eigenvalue weighted by atomic mass is 9.87. The number of thioether (sulfide) groups is 1. The summed E-state index contributed by atoms with van der Waals surface area (Å²) < 4.78 is 7.28. The number of ether oxygens (including phenoxy) is 1. The normalized spacial score (nSPS) is 11.3. The summed E-state index contributed by atoms with van der Waals surface area (Å²) in [4.78, 5) is 12.6. The molecule has 8 heteroatoms. The molecular weight excluding hydrogens is 480 g/mol. The third-order valence-electron chi connectivity index (χ3n) is 5.43. The first-order chi connectivity index (χ1) is 16.7. The highest BCUT2D eigenvalue weighted by atomic mass is 35.5. The van der Waals surface area contributed by atoms with Crippen molar-refractivity contribution in [2.45, 2.75) is 31.3 Å². The Hall–Kier alpha value is -3.29. The predicted molar refractivity (Wildman–Crippen MR) is 143 cm³/mol. The summed E-state index contributed by atoms with van der Waals surface area (Å²) in [7, 11) is 1.64. The fraction of sp³-hybridized carbons (Fsp3) is 0.222. The molecule has 0 aliphatic rings. The number of nitrogens with zero attached hydrogens (tertiary/aromatic N) is 3. The van der Waals surface area contributed by atoms with Crippen molar-refractivity contribution in [2.75, 3.05) is 18.2 Å². The van der Waals surface area contributed by atoms with Crippen LogP contribution in [0.5, 0.6) is 5.75 Å². The van der Waals surface area contributed by atoms with E-state index < -0.39 is 0 Å². The first-order valence-corrected chi connectivity index (χ1v) is 12.5. The maximum absolute atomic E-state index is 12.6. The Morgan fingerprint density at radius 3 is 2.23 bits per heavy atom. The van der Waals surface area contributed by atoms with E-state index in [0.29, 0.717) is 21.7 Å². The number of halogens is 1. The summed E-state index contributed by atoms with van der Waals surface area (Å²) in [5.74, 6) is 1.50. The fourth-order valence-corrected chi connectivity index (χ4v) is 4.37. The zero-order valence-corrected chi connectivity index (χ0v) is 21.7. The molecule has 1 N–H and O–H groups in total. The van der Waals surface area contributed by atoms with Gasteiger partial charge < -0.3 is 10.1 Å². The number of aromatic nitrogens is 3. The minimum absolute atomic E-state index is 0.0562. The second-order valence-corrected chi connectivity index (χ2v) is 10.4. The standard InChI is InChI=1S/C27H27ClN4O2S/c1-27(2,3)19-7-5-18(6-8-19)25-30-31-26(32(25)22-13-15-23(34-4)16-14-22)35-17-24(33)29-21-11-9-20(28)10-12-21/h5-16H,17H2,1-4H3,(H,29,33). The Bertz CT molecular complexity index is 1300. The molecule has 6 nitrogen and oxygen atoms in total. The van der Waals surface area contributed by atoms with Gasteiger partial charge in [-0.1, -0.05) is 68.4 Å². The van der Waals surface area contributed by atoms with Crippen LogP contribution in [0.15, 0.2) is 78.0 Å². The number of nitrogens with one attached hydrogen (secondary N) is 1. The summed E-state index contributed by atoms with van der Waals surface area (Å²) in [6.45, 7) is 6.56. The molecule has 0 radical (unpaired) electrons. The number of hydrogen-bond acceptors (Lipinski definition) is 5. The first-order valence-electron chi connectivity index (χ1n) is 11.1. The summed E-state index contributed by atoms with van der Waals surface area (Å²) in [5, 5.41) is 13.0. The number of rotatable bonds is 7. The zero-order chi connectivity index (χ0) is 25.0. The van der Waals surface area contributed by atoms with E-state index in [1.54, 1.807) is 31.4 Å². The Kier molecular flexibility index (Phi) is 7.48. The van der Waals surface area contributed by atoms with E-state index >= 15 is 0 Å². The summed E-state index contributed by atoms with van der Waals surface area (Å²) in [6.07, 6.45) is 0.